The minimum absolute atomic E-state index is 0.0175. The van der Waals surface area contributed by atoms with Crippen LogP contribution >= 0.6 is 0 Å². The fourth-order valence-corrected chi connectivity index (χ4v) is 3.33. The van der Waals surface area contributed by atoms with E-state index >= 15 is 0 Å². The van der Waals surface area contributed by atoms with Crippen LogP contribution in [0.2, 0.25) is 0 Å². The van der Waals surface area contributed by atoms with Crippen LogP contribution in [0.4, 0.5) is 5.69 Å². The number of benzene rings is 2. The number of hydrogen-bond acceptors (Lipinski definition) is 4. The lowest BCUT2D eigenvalue weighted by Gasteiger charge is -2.28. The van der Waals surface area contributed by atoms with Crippen LogP contribution in [0.25, 0.3) is 0 Å². The molecule has 1 amide bonds. The van der Waals surface area contributed by atoms with Crippen LogP contribution in [0.3, 0.4) is 0 Å². The van der Waals surface area contributed by atoms with Crippen molar-refractivity contribution >= 4 is 11.6 Å². The normalized spacial score (nSPS) is 15.9. The highest BCUT2D eigenvalue weighted by molar-refractivity contribution is 5.95. The van der Waals surface area contributed by atoms with Gasteiger partial charge in [-0.3, -0.25) is 14.9 Å². The van der Waals surface area contributed by atoms with Crippen molar-refractivity contribution in [1.29, 1.82) is 0 Å². The van der Waals surface area contributed by atoms with E-state index in [1.54, 1.807) is 13.0 Å². The summed E-state index contributed by atoms with van der Waals surface area (Å²) in [6, 6.07) is 14.2. The molecule has 0 saturated carbocycles. The Kier molecular flexibility index (Phi) is 6.16. The van der Waals surface area contributed by atoms with E-state index in [1.165, 1.54) is 17.0 Å². The van der Waals surface area contributed by atoms with Crippen LogP contribution in [-0.2, 0) is 4.74 Å². The smallest absolute Gasteiger partial charge is 0.272 e. The molecule has 3 rings (SSSR count). The number of nitro benzene ring substituents is 1. The molecule has 2 aromatic carbocycles. The number of nitrogens with one attached hydrogen (secondary N) is 2. The van der Waals surface area contributed by atoms with E-state index in [9.17, 15) is 14.9 Å². The van der Waals surface area contributed by atoms with Gasteiger partial charge in [-0.15, -0.1) is 0 Å². The zero-order valence-corrected chi connectivity index (χ0v) is 15.3. The summed E-state index contributed by atoms with van der Waals surface area (Å²) in [7, 11) is 0. The number of aryl methyl sites for hydroxylation is 1. The third-order valence-electron chi connectivity index (χ3n) is 4.86. The van der Waals surface area contributed by atoms with Gasteiger partial charge in [0.15, 0.2) is 0 Å². The van der Waals surface area contributed by atoms with Crippen molar-refractivity contribution in [3.05, 3.63) is 75.3 Å². The predicted octanol–water partition coefficient (Wildman–Crippen LogP) is 1.29. The van der Waals surface area contributed by atoms with E-state index in [-0.39, 0.29) is 17.6 Å². The highest BCUT2D eigenvalue weighted by atomic mass is 16.6. The summed E-state index contributed by atoms with van der Waals surface area (Å²) in [6.07, 6.45) is 0. The van der Waals surface area contributed by atoms with Crippen molar-refractivity contribution in [2.75, 3.05) is 32.8 Å². The molecule has 142 valence electrons. The van der Waals surface area contributed by atoms with E-state index in [1.807, 2.05) is 30.3 Å². The Morgan fingerprint density at radius 3 is 2.56 bits per heavy atom. The van der Waals surface area contributed by atoms with Gasteiger partial charge in [-0.2, -0.15) is 0 Å². The molecule has 7 nitrogen and oxygen atoms in total. The molecule has 7 heteroatoms. The number of morpholine rings is 1. The molecule has 1 aliphatic heterocycles. The third-order valence-corrected chi connectivity index (χ3v) is 4.86. The quantitative estimate of drug-likeness (QED) is 0.593. The molecule has 1 saturated heterocycles. The van der Waals surface area contributed by atoms with Crippen LogP contribution in [0.5, 0.6) is 0 Å². The van der Waals surface area contributed by atoms with E-state index in [2.05, 4.69) is 5.32 Å². The fourth-order valence-electron chi connectivity index (χ4n) is 3.33. The Hall–Kier alpha value is -2.77. The van der Waals surface area contributed by atoms with Crippen LogP contribution in [-0.4, -0.2) is 43.7 Å². The lowest BCUT2D eigenvalue weighted by molar-refractivity contribution is -0.909. The van der Waals surface area contributed by atoms with Crippen LogP contribution in [0, 0.1) is 17.0 Å². The van der Waals surface area contributed by atoms with Crippen molar-refractivity contribution in [2.45, 2.75) is 13.0 Å². The number of hydrogen-bond donors (Lipinski definition) is 2. The minimum atomic E-state index is -0.439. The Bertz CT molecular complexity index is 804. The molecule has 0 unspecified atom stereocenters. The number of carbonyl (C=O) groups excluding carboxylic acids is 1. The molecule has 0 aromatic heterocycles. The van der Waals surface area contributed by atoms with Gasteiger partial charge in [0, 0.05) is 17.2 Å². The summed E-state index contributed by atoms with van der Waals surface area (Å²) >= 11 is 0. The lowest BCUT2D eigenvalue weighted by Crippen LogP contribution is -3.14. The first-order valence-corrected chi connectivity index (χ1v) is 9.07. The Labute approximate surface area is 158 Å². The number of quaternary nitrogens is 1. The van der Waals surface area contributed by atoms with Crippen molar-refractivity contribution in [3.8, 4) is 0 Å². The molecule has 1 atom stereocenters. The third kappa shape index (κ3) is 4.90. The number of amides is 1. The monoisotopic (exact) mass is 370 g/mol. The molecule has 1 aliphatic rings. The van der Waals surface area contributed by atoms with E-state index in [4.69, 9.17) is 4.74 Å². The molecule has 0 spiro atoms. The van der Waals surface area contributed by atoms with Gasteiger partial charge in [-0.05, 0) is 24.6 Å². The second kappa shape index (κ2) is 8.75. The lowest BCUT2D eigenvalue weighted by atomic mass is 10.0. The molecule has 0 bridgehead atoms. The summed E-state index contributed by atoms with van der Waals surface area (Å²) in [5, 5.41) is 14.1. The van der Waals surface area contributed by atoms with Gasteiger partial charge < -0.3 is 15.0 Å². The number of nitro groups is 1. The number of carbonyl (C=O) groups is 1. The van der Waals surface area contributed by atoms with Crippen LogP contribution < -0.4 is 10.2 Å². The summed E-state index contributed by atoms with van der Waals surface area (Å²) in [5.74, 6) is -0.227. The van der Waals surface area contributed by atoms with E-state index in [0.717, 1.165) is 38.4 Å². The molecule has 2 N–H and O–H groups in total. The second-order valence-corrected chi connectivity index (χ2v) is 6.76. The number of ether oxygens (including phenoxy) is 1. The van der Waals surface area contributed by atoms with Crippen molar-refractivity contribution in [2.24, 2.45) is 0 Å². The predicted molar refractivity (Wildman–Crippen MR) is 101 cm³/mol. The van der Waals surface area contributed by atoms with Gasteiger partial charge in [0.2, 0.25) is 0 Å². The summed E-state index contributed by atoms with van der Waals surface area (Å²) < 4.78 is 5.42. The first-order chi connectivity index (χ1) is 13.0. The summed E-state index contributed by atoms with van der Waals surface area (Å²) in [6.45, 7) is 5.69. The Morgan fingerprint density at radius 2 is 1.93 bits per heavy atom. The maximum atomic E-state index is 12.8. The molecule has 0 radical (unpaired) electrons. The largest absolute Gasteiger partial charge is 0.370 e. The SMILES string of the molecule is Cc1cc(C(=O)N[C@H](C[NH+]2CCOCC2)c2ccccc2)ccc1[N+](=O)[O-]. The molecular weight excluding hydrogens is 346 g/mol. The standard InChI is InChI=1S/C20H23N3O4/c1-15-13-17(7-8-19(15)23(25)26)20(24)21-18(16-5-3-2-4-6-16)14-22-9-11-27-12-10-22/h2-8,13,18H,9-12,14H2,1H3,(H,21,24)/p+1/t18-/m1/s1. The molecule has 1 heterocycles. The average Bonchev–Trinajstić information content (AvgIpc) is 2.68. The van der Waals surface area contributed by atoms with Crippen molar-refractivity contribution in [1.82, 2.24) is 5.32 Å². The topological polar surface area (TPSA) is 85.9 Å². The van der Waals surface area contributed by atoms with Gasteiger partial charge >= 0.3 is 0 Å². The number of nitrogens with zero attached hydrogens (tertiary/aromatic N) is 1. The number of rotatable bonds is 6. The minimum Gasteiger partial charge on any atom is -0.370 e. The Morgan fingerprint density at radius 1 is 1.22 bits per heavy atom. The van der Waals surface area contributed by atoms with Gasteiger partial charge in [0.05, 0.1) is 18.1 Å². The zero-order chi connectivity index (χ0) is 19.2. The van der Waals surface area contributed by atoms with E-state index < -0.39 is 4.92 Å². The Balaban J connectivity index is 1.77. The highest BCUT2D eigenvalue weighted by Gasteiger charge is 2.24. The van der Waals surface area contributed by atoms with E-state index in [0.29, 0.717) is 11.1 Å². The highest BCUT2D eigenvalue weighted by Crippen LogP contribution is 2.19. The molecule has 1 fully saturated rings. The van der Waals surface area contributed by atoms with Crippen LogP contribution in [0.15, 0.2) is 48.5 Å². The van der Waals surface area contributed by atoms with Gasteiger partial charge in [0.1, 0.15) is 25.7 Å². The second-order valence-electron chi connectivity index (χ2n) is 6.76. The maximum absolute atomic E-state index is 12.8. The van der Waals surface area contributed by atoms with Gasteiger partial charge in [-0.1, -0.05) is 30.3 Å². The summed E-state index contributed by atoms with van der Waals surface area (Å²) in [5.41, 5.74) is 1.96. The molecule has 27 heavy (non-hydrogen) atoms. The zero-order valence-electron chi connectivity index (χ0n) is 15.3. The molecular formula is C20H24N3O4+. The molecule has 2 aromatic rings. The summed E-state index contributed by atoms with van der Waals surface area (Å²) in [4.78, 5) is 24.7. The first kappa shape index (κ1) is 19.0. The molecule has 0 aliphatic carbocycles. The fraction of sp³-hybridized carbons (Fsp3) is 0.350. The van der Waals surface area contributed by atoms with Crippen molar-refractivity contribution in [3.63, 3.8) is 0 Å². The van der Waals surface area contributed by atoms with Crippen molar-refractivity contribution < 1.29 is 19.4 Å². The average molecular weight is 370 g/mol. The van der Waals surface area contributed by atoms with Gasteiger partial charge in [0.25, 0.3) is 11.6 Å². The maximum Gasteiger partial charge on any atom is 0.272 e. The van der Waals surface area contributed by atoms with Crippen LogP contribution in [0.1, 0.15) is 27.5 Å². The first-order valence-electron chi connectivity index (χ1n) is 9.07. The van der Waals surface area contributed by atoms with Gasteiger partial charge in [-0.25, -0.2) is 0 Å².